The summed E-state index contributed by atoms with van der Waals surface area (Å²) in [5, 5.41) is 13.2. The van der Waals surface area contributed by atoms with Crippen molar-refractivity contribution in [2.45, 2.75) is 12.7 Å². The maximum absolute atomic E-state index is 11.8. The van der Waals surface area contributed by atoms with E-state index in [1.807, 2.05) is 54.6 Å². The number of hydrogen-bond acceptors (Lipinski definition) is 5. The Hall–Kier alpha value is -2.41. The van der Waals surface area contributed by atoms with E-state index in [-0.39, 0.29) is 19.1 Å². The minimum atomic E-state index is -0.598. The Morgan fingerprint density at radius 1 is 1.15 bits per heavy atom. The van der Waals surface area contributed by atoms with Gasteiger partial charge in [0.15, 0.2) is 0 Å². The molecule has 1 unspecified atom stereocenters. The van der Waals surface area contributed by atoms with Crippen LogP contribution in [0.5, 0.6) is 0 Å². The van der Waals surface area contributed by atoms with Gasteiger partial charge in [-0.1, -0.05) is 30.3 Å². The molecule has 2 aromatic rings. The maximum Gasteiger partial charge on any atom is 0.253 e. The first kappa shape index (κ1) is 18.4. The van der Waals surface area contributed by atoms with Gasteiger partial charge in [0, 0.05) is 24.5 Å². The number of hydrogen-bond donors (Lipinski definition) is 2. The SMILES string of the molecule is O=C1COCCN1c1ccc(NCC(O)COCc2ccccc2)cc1. The molecule has 1 amide bonds. The van der Waals surface area contributed by atoms with Crippen molar-refractivity contribution in [2.75, 3.05) is 43.1 Å². The van der Waals surface area contributed by atoms with Gasteiger partial charge in [0.05, 0.1) is 25.9 Å². The molecule has 0 aliphatic carbocycles. The van der Waals surface area contributed by atoms with Gasteiger partial charge in [-0.3, -0.25) is 4.79 Å². The Morgan fingerprint density at radius 2 is 1.92 bits per heavy atom. The molecular formula is C20H24N2O4. The normalized spacial score (nSPS) is 15.7. The molecule has 6 nitrogen and oxygen atoms in total. The van der Waals surface area contributed by atoms with E-state index in [9.17, 15) is 9.90 Å². The lowest BCUT2D eigenvalue weighted by atomic mass is 10.2. The number of carbonyl (C=O) groups excluding carboxylic acids is 1. The number of anilines is 2. The van der Waals surface area contributed by atoms with E-state index in [0.717, 1.165) is 16.9 Å². The number of aliphatic hydroxyl groups excluding tert-OH is 1. The molecule has 2 N–H and O–H groups in total. The molecule has 0 aromatic heterocycles. The molecule has 6 heteroatoms. The lowest BCUT2D eigenvalue weighted by Crippen LogP contribution is -2.41. The number of benzene rings is 2. The van der Waals surface area contributed by atoms with Crippen molar-refractivity contribution < 1.29 is 19.4 Å². The van der Waals surface area contributed by atoms with E-state index in [2.05, 4.69) is 5.32 Å². The van der Waals surface area contributed by atoms with Crippen LogP contribution < -0.4 is 10.2 Å². The Balaban J connectivity index is 1.40. The summed E-state index contributed by atoms with van der Waals surface area (Å²) in [6, 6.07) is 17.5. The molecule has 0 saturated carbocycles. The molecule has 26 heavy (non-hydrogen) atoms. The van der Waals surface area contributed by atoms with E-state index in [1.165, 1.54) is 0 Å². The zero-order chi connectivity index (χ0) is 18.2. The highest BCUT2D eigenvalue weighted by Crippen LogP contribution is 2.19. The predicted molar refractivity (Wildman–Crippen MR) is 100 cm³/mol. The van der Waals surface area contributed by atoms with Crippen molar-refractivity contribution in [3.05, 3.63) is 60.2 Å². The largest absolute Gasteiger partial charge is 0.389 e. The minimum absolute atomic E-state index is 0.0250. The van der Waals surface area contributed by atoms with Crippen LogP contribution >= 0.6 is 0 Å². The van der Waals surface area contributed by atoms with E-state index in [4.69, 9.17) is 9.47 Å². The molecule has 1 atom stereocenters. The van der Waals surface area contributed by atoms with Crippen LogP contribution in [-0.4, -0.2) is 50.0 Å². The number of morpholine rings is 1. The molecule has 0 radical (unpaired) electrons. The van der Waals surface area contributed by atoms with Crippen molar-refractivity contribution in [3.63, 3.8) is 0 Å². The third-order valence-electron chi connectivity index (χ3n) is 4.13. The van der Waals surface area contributed by atoms with Crippen LogP contribution in [0.2, 0.25) is 0 Å². The summed E-state index contributed by atoms with van der Waals surface area (Å²) in [5.41, 5.74) is 2.83. The molecule has 0 spiro atoms. The topological polar surface area (TPSA) is 71.0 Å². The van der Waals surface area contributed by atoms with Crippen LogP contribution in [0.25, 0.3) is 0 Å². The predicted octanol–water partition coefficient (Wildman–Crippen LogP) is 2.04. The minimum Gasteiger partial charge on any atom is -0.389 e. The second-order valence-electron chi connectivity index (χ2n) is 6.18. The van der Waals surface area contributed by atoms with Gasteiger partial charge in [0.25, 0.3) is 5.91 Å². The fourth-order valence-electron chi connectivity index (χ4n) is 2.73. The fraction of sp³-hybridized carbons (Fsp3) is 0.350. The first-order valence-electron chi connectivity index (χ1n) is 8.74. The van der Waals surface area contributed by atoms with Crippen LogP contribution in [0.15, 0.2) is 54.6 Å². The lowest BCUT2D eigenvalue weighted by molar-refractivity contribution is -0.125. The number of amides is 1. The summed E-state index contributed by atoms with van der Waals surface area (Å²) in [7, 11) is 0. The van der Waals surface area contributed by atoms with E-state index in [0.29, 0.717) is 26.3 Å². The monoisotopic (exact) mass is 356 g/mol. The van der Waals surface area contributed by atoms with Gasteiger partial charge in [-0.2, -0.15) is 0 Å². The van der Waals surface area contributed by atoms with Gasteiger partial charge in [-0.15, -0.1) is 0 Å². The highest BCUT2D eigenvalue weighted by atomic mass is 16.5. The Bertz CT molecular complexity index is 691. The highest BCUT2D eigenvalue weighted by molar-refractivity contribution is 5.94. The number of ether oxygens (including phenoxy) is 2. The summed E-state index contributed by atoms with van der Waals surface area (Å²) >= 11 is 0. The third-order valence-corrected chi connectivity index (χ3v) is 4.13. The van der Waals surface area contributed by atoms with Crippen molar-refractivity contribution >= 4 is 17.3 Å². The maximum atomic E-state index is 11.8. The zero-order valence-corrected chi connectivity index (χ0v) is 14.6. The van der Waals surface area contributed by atoms with Crippen LogP contribution in [0.1, 0.15) is 5.56 Å². The van der Waals surface area contributed by atoms with Crippen molar-refractivity contribution in [1.29, 1.82) is 0 Å². The Kier molecular flexibility index (Phi) is 6.60. The standard InChI is InChI=1S/C20H24N2O4/c23-19(14-26-13-16-4-2-1-3-5-16)12-21-17-6-8-18(9-7-17)22-10-11-25-15-20(22)24/h1-9,19,21,23H,10-15H2. The average molecular weight is 356 g/mol. The zero-order valence-electron chi connectivity index (χ0n) is 14.6. The quantitative estimate of drug-likeness (QED) is 0.757. The van der Waals surface area contributed by atoms with Crippen molar-refractivity contribution in [3.8, 4) is 0 Å². The average Bonchev–Trinajstić information content (AvgIpc) is 2.68. The van der Waals surface area contributed by atoms with Gasteiger partial charge < -0.3 is 24.8 Å². The van der Waals surface area contributed by atoms with Gasteiger partial charge in [-0.25, -0.2) is 0 Å². The Labute approximate surface area is 153 Å². The van der Waals surface area contributed by atoms with Crippen LogP contribution in [-0.2, 0) is 20.9 Å². The highest BCUT2D eigenvalue weighted by Gasteiger charge is 2.19. The molecule has 0 bridgehead atoms. The molecular weight excluding hydrogens is 332 g/mol. The molecule has 1 fully saturated rings. The Morgan fingerprint density at radius 3 is 2.65 bits per heavy atom. The molecule has 1 aliphatic heterocycles. The molecule has 1 heterocycles. The second-order valence-corrected chi connectivity index (χ2v) is 6.18. The molecule has 1 aliphatic rings. The number of rotatable bonds is 8. The van der Waals surface area contributed by atoms with Gasteiger partial charge >= 0.3 is 0 Å². The summed E-state index contributed by atoms with van der Waals surface area (Å²) < 4.78 is 10.7. The summed E-state index contributed by atoms with van der Waals surface area (Å²) in [6.45, 7) is 2.41. The molecule has 2 aromatic carbocycles. The van der Waals surface area contributed by atoms with Crippen LogP contribution in [0.4, 0.5) is 11.4 Å². The lowest BCUT2D eigenvalue weighted by Gasteiger charge is -2.27. The van der Waals surface area contributed by atoms with Gasteiger partial charge in [0.2, 0.25) is 0 Å². The van der Waals surface area contributed by atoms with E-state index >= 15 is 0 Å². The van der Waals surface area contributed by atoms with E-state index in [1.54, 1.807) is 4.90 Å². The number of nitrogens with zero attached hydrogens (tertiary/aromatic N) is 1. The molecule has 138 valence electrons. The smallest absolute Gasteiger partial charge is 0.253 e. The van der Waals surface area contributed by atoms with Gasteiger partial charge in [-0.05, 0) is 29.8 Å². The van der Waals surface area contributed by atoms with Crippen molar-refractivity contribution in [2.24, 2.45) is 0 Å². The number of nitrogens with one attached hydrogen (secondary N) is 1. The fourth-order valence-corrected chi connectivity index (χ4v) is 2.73. The van der Waals surface area contributed by atoms with E-state index < -0.39 is 6.10 Å². The van der Waals surface area contributed by atoms with Crippen molar-refractivity contribution in [1.82, 2.24) is 0 Å². The first-order valence-corrected chi connectivity index (χ1v) is 8.74. The first-order chi connectivity index (χ1) is 12.7. The summed E-state index contributed by atoms with van der Waals surface area (Å²) in [4.78, 5) is 13.6. The summed E-state index contributed by atoms with van der Waals surface area (Å²) in [6.07, 6.45) is -0.598. The molecule has 1 saturated heterocycles. The van der Waals surface area contributed by atoms with Crippen LogP contribution in [0, 0.1) is 0 Å². The molecule has 3 rings (SSSR count). The van der Waals surface area contributed by atoms with Gasteiger partial charge in [0.1, 0.15) is 6.61 Å². The summed E-state index contributed by atoms with van der Waals surface area (Å²) in [5.74, 6) is -0.0250. The van der Waals surface area contributed by atoms with Crippen LogP contribution in [0.3, 0.4) is 0 Å². The number of carbonyl (C=O) groups is 1. The third kappa shape index (κ3) is 5.29. The second kappa shape index (κ2) is 9.33. The number of aliphatic hydroxyl groups is 1.